The van der Waals surface area contributed by atoms with Gasteiger partial charge in [-0.15, -0.1) is 23.9 Å². The molecule has 0 fully saturated rings. The average Bonchev–Trinajstić information content (AvgIpc) is 3.33. The molecular weight excluding hydrogens is 1100 g/mol. The van der Waals surface area contributed by atoms with Crippen molar-refractivity contribution in [3.63, 3.8) is 0 Å². The number of aryl methyl sites for hydroxylation is 1. The van der Waals surface area contributed by atoms with E-state index in [1.807, 2.05) is 55.5 Å². The van der Waals surface area contributed by atoms with Gasteiger partial charge in [-0.05, 0) is 138 Å². The second kappa shape index (κ2) is 32.2. The van der Waals surface area contributed by atoms with Crippen molar-refractivity contribution in [2.45, 2.75) is 65.0 Å². The summed E-state index contributed by atoms with van der Waals surface area (Å²) in [5, 5.41) is 23.2. The molecule has 18 heteroatoms. The molecular formula is C56H52Cl4Na4O8S2. The molecule has 0 atom stereocenters. The maximum absolute atomic E-state index is 12.9. The first-order chi connectivity index (χ1) is 32.2. The van der Waals surface area contributed by atoms with Gasteiger partial charge in [0.25, 0.3) is 0 Å². The van der Waals surface area contributed by atoms with Gasteiger partial charge in [0.2, 0.25) is 19.7 Å². The van der Waals surface area contributed by atoms with Crippen LogP contribution in [0.3, 0.4) is 0 Å². The first-order valence-corrected chi connectivity index (χ1v) is 25.1. The summed E-state index contributed by atoms with van der Waals surface area (Å²) < 4.78 is 61.3. The number of methoxy groups -OCH3 is 1. The molecule has 0 aliphatic heterocycles. The Morgan fingerprint density at radius 2 is 0.635 bits per heavy atom. The number of sulfone groups is 2. The molecule has 0 saturated heterocycles. The zero-order chi connectivity index (χ0) is 49.3. The largest absolute Gasteiger partial charge is 1.00 e. The van der Waals surface area contributed by atoms with Crippen LogP contribution in [0.1, 0.15) is 56.9 Å². The number of hydrogen-bond acceptors (Lipinski definition) is 8. The van der Waals surface area contributed by atoms with Crippen molar-refractivity contribution in [1.82, 2.24) is 0 Å². The van der Waals surface area contributed by atoms with Gasteiger partial charge < -0.3 is 33.5 Å². The topological polar surface area (TPSA) is 133 Å². The fraction of sp³-hybridized carbons (Fsp3) is 0.143. The summed E-state index contributed by atoms with van der Waals surface area (Å²) in [6, 6.07) is 55.1. The first-order valence-electron chi connectivity index (χ1n) is 21.4. The van der Waals surface area contributed by atoms with E-state index in [4.69, 9.17) is 32.7 Å². The van der Waals surface area contributed by atoms with Gasteiger partial charge in [-0.2, -0.15) is 0 Å². The SMILES string of the molecule is CC(C)(c1ccc([O-])cc1)c1ccc([O-])cc1.COc1ccc(C(C)(C)c2ccc(Oc3ccc(S(=O)(=O)c4ccc(C)cc4)cc3)cc2)cc1.Cl.O=S(=O)(c1ccc(Cl)cc1)c1ccc(Cl)cc1.[Cl-].[H-].[Na+].[Na+].[Na+].[Na+]. The van der Waals surface area contributed by atoms with Crippen LogP contribution in [-0.2, 0) is 30.5 Å². The molecule has 8 nitrogen and oxygen atoms in total. The quantitative estimate of drug-likeness (QED) is 0.143. The summed E-state index contributed by atoms with van der Waals surface area (Å²) >= 11 is 11.4. The molecule has 0 aromatic heterocycles. The monoisotopic (exact) mass is 1150 g/mol. The van der Waals surface area contributed by atoms with E-state index < -0.39 is 19.7 Å². The molecule has 0 heterocycles. The smallest absolute Gasteiger partial charge is 1.00 e. The molecule has 368 valence electrons. The molecule has 0 unspecified atom stereocenters. The molecule has 0 amide bonds. The molecule has 0 saturated carbocycles. The Morgan fingerprint density at radius 3 is 0.919 bits per heavy atom. The third-order valence-corrected chi connectivity index (χ3v) is 15.6. The van der Waals surface area contributed by atoms with Crippen LogP contribution in [0.5, 0.6) is 28.7 Å². The molecule has 8 aromatic rings. The van der Waals surface area contributed by atoms with Crippen LogP contribution in [-0.4, -0.2) is 23.9 Å². The van der Waals surface area contributed by atoms with Gasteiger partial charge in [-0.25, -0.2) is 16.8 Å². The van der Waals surface area contributed by atoms with Gasteiger partial charge in [0, 0.05) is 20.9 Å². The third-order valence-electron chi connectivity index (χ3n) is 11.5. The third kappa shape index (κ3) is 19.1. The summed E-state index contributed by atoms with van der Waals surface area (Å²) in [6.07, 6.45) is 0. The number of halogens is 4. The molecule has 8 aromatic carbocycles. The predicted octanol–water partition coefficient (Wildman–Crippen LogP) is -1.51. The Kier molecular flexibility index (Phi) is 31.3. The molecule has 0 N–H and O–H groups in total. The molecule has 0 aliphatic rings. The minimum atomic E-state index is -3.56. The number of rotatable bonds is 11. The number of hydrogen-bond donors (Lipinski definition) is 0. The van der Waals surface area contributed by atoms with Crippen molar-refractivity contribution >= 4 is 55.3 Å². The Hall–Kier alpha value is -1.98. The molecule has 8 rings (SSSR count). The van der Waals surface area contributed by atoms with Gasteiger partial charge in [0.1, 0.15) is 17.2 Å². The van der Waals surface area contributed by atoms with Crippen molar-refractivity contribution in [3.8, 4) is 28.7 Å². The second-order valence-corrected chi connectivity index (χ2v) is 21.6. The molecule has 0 bridgehead atoms. The van der Waals surface area contributed by atoms with Crippen LogP contribution in [0.4, 0.5) is 0 Å². The zero-order valence-electron chi connectivity index (χ0n) is 44.1. The van der Waals surface area contributed by atoms with Crippen LogP contribution < -0.4 is 150 Å². The molecule has 74 heavy (non-hydrogen) atoms. The van der Waals surface area contributed by atoms with E-state index in [0.29, 0.717) is 21.5 Å². The standard InChI is InChI=1S/C29H28O4S.C15H16O2.C12H8Cl2O2S.2ClH.4Na.H/c1-21-5-17-27(18-6-21)34(30,31)28-19-15-26(16-20-28)33-25-13-9-23(10-14-25)29(2,3)22-7-11-24(32-4)12-8-22;1-15(2,11-3-7-13(16)8-4-11)12-5-9-14(17)10-6-12;13-9-1-5-11(6-2-9)17(15,16)12-7-3-10(14)4-8-12;;;;;;;/h5-20H,1-4H3;3-10,16-17H,1-2H3;1-8H;2*1H;;;;;/q;;;;;4*+1;-1/p-3. The van der Waals surface area contributed by atoms with Crippen molar-refractivity contribution in [2.75, 3.05) is 7.11 Å². The Bertz CT molecular complexity index is 3060. The normalized spacial score (nSPS) is 10.6. The van der Waals surface area contributed by atoms with Gasteiger partial charge in [-0.1, -0.05) is 141 Å². The van der Waals surface area contributed by atoms with Crippen LogP contribution in [0.15, 0.2) is 214 Å². The summed E-state index contributed by atoms with van der Waals surface area (Å²) in [4.78, 5) is 0.940. The van der Waals surface area contributed by atoms with Crippen molar-refractivity contribution in [1.29, 1.82) is 0 Å². The van der Waals surface area contributed by atoms with Crippen molar-refractivity contribution in [2.24, 2.45) is 0 Å². The van der Waals surface area contributed by atoms with E-state index in [-0.39, 0.29) is 186 Å². The van der Waals surface area contributed by atoms with Crippen molar-refractivity contribution < 1.29 is 169 Å². The van der Waals surface area contributed by atoms with E-state index in [9.17, 15) is 27.0 Å². The molecule has 0 spiro atoms. The fourth-order valence-electron chi connectivity index (χ4n) is 7.06. The maximum atomic E-state index is 12.9. The minimum Gasteiger partial charge on any atom is -1.00 e. The average molecular weight is 1150 g/mol. The number of benzene rings is 8. The van der Waals surface area contributed by atoms with Gasteiger partial charge in [0.05, 0.1) is 26.7 Å². The fourth-order valence-corrected chi connectivity index (χ4v) is 9.84. The summed E-state index contributed by atoms with van der Waals surface area (Å²) in [6.45, 7) is 10.4. The van der Waals surface area contributed by atoms with Crippen LogP contribution in [0, 0.1) is 6.92 Å². The molecule has 0 aliphatic carbocycles. The first kappa shape index (κ1) is 72.0. The van der Waals surface area contributed by atoms with Gasteiger partial charge in [-0.3, -0.25) is 0 Å². The minimum absolute atomic E-state index is 0. The van der Waals surface area contributed by atoms with E-state index in [2.05, 4.69) is 52.0 Å². The zero-order valence-corrected chi connectivity index (χ0v) is 55.8. The van der Waals surface area contributed by atoms with E-state index in [1.54, 1.807) is 104 Å². The second-order valence-electron chi connectivity index (χ2n) is 16.9. The van der Waals surface area contributed by atoms with E-state index in [1.165, 1.54) is 29.8 Å². The van der Waals surface area contributed by atoms with Crippen LogP contribution in [0.25, 0.3) is 0 Å². The maximum Gasteiger partial charge on any atom is 1.00 e. The van der Waals surface area contributed by atoms with E-state index in [0.717, 1.165) is 28.0 Å². The summed E-state index contributed by atoms with van der Waals surface area (Å²) in [7, 11) is -5.39. The van der Waals surface area contributed by atoms with Gasteiger partial charge >= 0.3 is 118 Å². The van der Waals surface area contributed by atoms with E-state index >= 15 is 0 Å². The Balaban J connectivity index is 0. The summed E-state index contributed by atoms with van der Waals surface area (Å²) in [5.41, 5.74) is 5.10. The van der Waals surface area contributed by atoms with Crippen molar-refractivity contribution in [3.05, 3.63) is 232 Å². The predicted molar refractivity (Wildman–Crippen MR) is 275 cm³/mol. The van der Waals surface area contributed by atoms with Crippen LogP contribution in [0.2, 0.25) is 10.0 Å². The Labute approximate surface area is 549 Å². The Morgan fingerprint density at radius 1 is 0.405 bits per heavy atom. The number of ether oxygens (including phenoxy) is 2. The van der Waals surface area contributed by atoms with Crippen LogP contribution >= 0.6 is 35.6 Å². The molecule has 0 radical (unpaired) electrons. The summed E-state index contributed by atoms with van der Waals surface area (Å²) in [5.74, 6) is 2.12. The van der Waals surface area contributed by atoms with Gasteiger partial charge in [0.15, 0.2) is 0 Å².